The summed E-state index contributed by atoms with van der Waals surface area (Å²) in [6, 6.07) is 0. The van der Waals surface area contributed by atoms with Crippen LogP contribution in [0.2, 0.25) is 0 Å². The van der Waals surface area contributed by atoms with Crippen LogP contribution in [0.5, 0.6) is 0 Å². The molecule has 0 saturated heterocycles. The van der Waals surface area contributed by atoms with Gasteiger partial charge in [-0.3, -0.25) is 4.79 Å². The van der Waals surface area contributed by atoms with Crippen LogP contribution in [0, 0.1) is 6.92 Å². The number of ketones is 1. The summed E-state index contributed by atoms with van der Waals surface area (Å²) in [4.78, 5) is 11.3. The zero-order chi connectivity index (χ0) is 8.81. The van der Waals surface area contributed by atoms with Crippen LogP contribution in [-0.2, 0) is 4.79 Å². The molecule has 0 atom stereocenters. The lowest BCUT2D eigenvalue weighted by Gasteiger charge is -2.02. The van der Waals surface area contributed by atoms with Gasteiger partial charge in [-0.2, -0.15) is 0 Å². The maximum Gasteiger partial charge on any atom is 0.178 e. The fraction of sp³-hybridized carbons (Fsp3) is 0.200. The van der Waals surface area contributed by atoms with Crippen molar-refractivity contribution in [2.75, 3.05) is 0 Å². The molecule has 0 spiro atoms. The van der Waals surface area contributed by atoms with E-state index < -0.39 is 0 Å². The highest BCUT2D eigenvalue weighted by Gasteiger charge is 2.05. The maximum absolute atomic E-state index is 11.3. The summed E-state index contributed by atoms with van der Waals surface area (Å²) in [6.07, 6.45) is 10.2. The first-order valence-electron chi connectivity index (χ1n) is 3.97. The van der Waals surface area contributed by atoms with Crippen LogP contribution < -0.4 is 5.32 Å². The predicted molar refractivity (Wildman–Crippen MR) is 49.1 cm³/mol. The van der Waals surface area contributed by atoms with E-state index in [4.69, 9.17) is 0 Å². The third kappa shape index (κ3) is 2.38. The summed E-state index contributed by atoms with van der Waals surface area (Å²) in [6.45, 7) is 3.63. The Kier molecular flexibility index (Phi) is 3.33. The smallest absolute Gasteiger partial charge is 0.178 e. The van der Waals surface area contributed by atoms with Gasteiger partial charge in [0.1, 0.15) is 0 Å². The number of allylic oxidation sites excluding steroid dienone is 5. The molecule has 0 bridgehead atoms. The molecule has 1 aliphatic heterocycles. The van der Waals surface area contributed by atoms with Crippen molar-refractivity contribution < 1.29 is 4.79 Å². The molecule has 0 fully saturated rings. The van der Waals surface area contributed by atoms with E-state index in [0.29, 0.717) is 18.5 Å². The molecule has 1 N–H and O–H groups in total. The van der Waals surface area contributed by atoms with E-state index in [1.165, 1.54) is 0 Å². The molecule has 63 valence electrons. The standard InChI is InChI=1S/C10H12NO/c1-2-6-10(12)9-7-4-3-5-8-11-9/h3-5,7-8,11H,1-2,6H2. The van der Waals surface area contributed by atoms with E-state index in [9.17, 15) is 4.79 Å². The topological polar surface area (TPSA) is 29.1 Å². The number of nitrogens with one attached hydrogen (secondary N) is 1. The summed E-state index contributed by atoms with van der Waals surface area (Å²) in [5, 5.41) is 2.91. The number of rotatable bonds is 3. The van der Waals surface area contributed by atoms with Crippen LogP contribution in [0.25, 0.3) is 0 Å². The number of carbonyl (C=O) groups is 1. The van der Waals surface area contributed by atoms with Crippen LogP contribution in [0.3, 0.4) is 0 Å². The van der Waals surface area contributed by atoms with Crippen molar-refractivity contribution >= 4 is 5.78 Å². The zero-order valence-electron chi connectivity index (χ0n) is 6.92. The minimum atomic E-state index is 0.112. The average molecular weight is 162 g/mol. The second-order valence-corrected chi connectivity index (χ2v) is 2.50. The number of hydrogen-bond acceptors (Lipinski definition) is 2. The summed E-state index contributed by atoms with van der Waals surface area (Å²) >= 11 is 0. The molecule has 0 aromatic heterocycles. The molecule has 0 saturated carbocycles. The Hall–Kier alpha value is -1.31. The van der Waals surface area contributed by atoms with Crippen molar-refractivity contribution in [2.45, 2.75) is 12.8 Å². The summed E-state index contributed by atoms with van der Waals surface area (Å²) in [5.74, 6) is 0.112. The van der Waals surface area contributed by atoms with Crippen molar-refractivity contribution in [1.82, 2.24) is 5.32 Å². The highest BCUT2D eigenvalue weighted by molar-refractivity contribution is 5.95. The van der Waals surface area contributed by atoms with Crippen molar-refractivity contribution in [2.24, 2.45) is 0 Å². The van der Waals surface area contributed by atoms with Crippen molar-refractivity contribution in [3.8, 4) is 0 Å². The van der Waals surface area contributed by atoms with Gasteiger partial charge in [-0.1, -0.05) is 19.1 Å². The summed E-state index contributed by atoms with van der Waals surface area (Å²) < 4.78 is 0. The van der Waals surface area contributed by atoms with Gasteiger partial charge in [0, 0.05) is 12.6 Å². The van der Waals surface area contributed by atoms with E-state index in [0.717, 1.165) is 0 Å². The lowest BCUT2D eigenvalue weighted by molar-refractivity contribution is -0.115. The number of hydrogen-bond donors (Lipinski definition) is 1. The minimum absolute atomic E-state index is 0.112. The van der Waals surface area contributed by atoms with E-state index in [-0.39, 0.29) is 5.78 Å². The van der Waals surface area contributed by atoms with Crippen molar-refractivity contribution in [3.05, 3.63) is 43.1 Å². The fourth-order valence-electron chi connectivity index (χ4n) is 0.926. The van der Waals surface area contributed by atoms with E-state index >= 15 is 0 Å². The maximum atomic E-state index is 11.3. The molecule has 12 heavy (non-hydrogen) atoms. The Morgan fingerprint density at radius 2 is 2.25 bits per heavy atom. The van der Waals surface area contributed by atoms with Crippen LogP contribution in [0.1, 0.15) is 12.8 Å². The van der Waals surface area contributed by atoms with Gasteiger partial charge in [0.2, 0.25) is 0 Å². The first kappa shape index (κ1) is 8.78. The molecular weight excluding hydrogens is 150 g/mol. The van der Waals surface area contributed by atoms with Crippen LogP contribution >= 0.6 is 0 Å². The van der Waals surface area contributed by atoms with Gasteiger partial charge in [0.05, 0.1) is 5.70 Å². The van der Waals surface area contributed by atoms with Gasteiger partial charge >= 0.3 is 0 Å². The van der Waals surface area contributed by atoms with E-state index in [2.05, 4.69) is 12.2 Å². The first-order chi connectivity index (χ1) is 5.84. The molecule has 2 heteroatoms. The molecule has 0 aromatic carbocycles. The lowest BCUT2D eigenvalue weighted by Crippen LogP contribution is -2.14. The van der Waals surface area contributed by atoms with Crippen molar-refractivity contribution in [3.63, 3.8) is 0 Å². The van der Waals surface area contributed by atoms with Crippen LogP contribution in [0.15, 0.2) is 36.2 Å². The molecule has 1 aliphatic rings. The Balaban J connectivity index is 2.62. The number of Topliss-reactive ketones (excluding diaryl/α,β-unsaturated/α-hetero) is 1. The fourth-order valence-corrected chi connectivity index (χ4v) is 0.926. The monoisotopic (exact) mass is 162 g/mol. The van der Waals surface area contributed by atoms with Gasteiger partial charge in [-0.15, -0.1) is 0 Å². The zero-order valence-corrected chi connectivity index (χ0v) is 6.92. The number of carbonyl (C=O) groups excluding carboxylic acids is 1. The third-order valence-corrected chi connectivity index (χ3v) is 1.52. The molecule has 2 nitrogen and oxygen atoms in total. The van der Waals surface area contributed by atoms with Gasteiger partial charge in [-0.25, -0.2) is 0 Å². The molecule has 0 aliphatic carbocycles. The van der Waals surface area contributed by atoms with E-state index in [1.807, 2.05) is 18.2 Å². The second-order valence-electron chi connectivity index (χ2n) is 2.50. The van der Waals surface area contributed by atoms with Gasteiger partial charge in [0.25, 0.3) is 0 Å². The Morgan fingerprint density at radius 3 is 3.00 bits per heavy atom. The molecule has 0 unspecified atom stereocenters. The first-order valence-corrected chi connectivity index (χ1v) is 3.97. The molecule has 0 aromatic rings. The molecule has 1 radical (unpaired) electrons. The van der Waals surface area contributed by atoms with Gasteiger partial charge < -0.3 is 5.32 Å². The van der Waals surface area contributed by atoms with Gasteiger partial charge in [0.15, 0.2) is 5.78 Å². The predicted octanol–water partition coefficient (Wildman–Crippen LogP) is 1.73. The summed E-state index contributed by atoms with van der Waals surface area (Å²) in [5.41, 5.74) is 0.642. The minimum Gasteiger partial charge on any atom is -0.359 e. The molecule has 0 amide bonds. The SMILES string of the molecule is [CH2]CCC(=O)C1=CC=CC=CN1. The summed E-state index contributed by atoms with van der Waals surface area (Å²) in [7, 11) is 0. The van der Waals surface area contributed by atoms with E-state index in [1.54, 1.807) is 12.3 Å². The third-order valence-electron chi connectivity index (χ3n) is 1.52. The van der Waals surface area contributed by atoms with Crippen molar-refractivity contribution in [1.29, 1.82) is 0 Å². The Bertz CT molecular complexity index is 249. The molecule has 1 rings (SSSR count). The normalized spacial score (nSPS) is 14.9. The average Bonchev–Trinajstić information content (AvgIpc) is 2.32. The second kappa shape index (κ2) is 4.54. The molecule has 1 heterocycles. The van der Waals surface area contributed by atoms with Crippen LogP contribution in [-0.4, -0.2) is 5.78 Å². The van der Waals surface area contributed by atoms with Crippen LogP contribution in [0.4, 0.5) is 0 Å². The lowest BCUT2D eigenvalue weighted by atomic mass is 10.2. The quantitative estimate of drug-likeness (QED) is 0.684. The molecular formula is C10H12NO. The Morgan fingerprint density at radius 1 is 1.42 bits per heavy atom. The Labute approximate surface area is 72.7 Å². The largest absolute Gasteiger partial charge is 0.359 e. The van der Waals surface area contributed by atoms with Gasteiger partial charge in [-0.05, 0) is 18.6 Å². The highest BCUT2D eigenvalue weighted by Crippen LogP contribution is 2.01. The highest BCUT2D eigenvalue weighted by atomic mass is 16.1.